The van der Waals surface area contributed by atoms with Gasteiger partial charge in [0, 0.05) is 10.7 Å². The van der Waals surface area contributed by atoms with Crippen molar-refractivity contribution >= 4 is 43.2 Å². The van der Waals surface area contributed by atoms with Crippen molar-refractivity contribution in [2.45, 2.75) is 25.8 Å². The summed E-state index contributed by atoms with van der Waals surface area (Å²) in [6.45, 7) is 4.99. The number of nitrogens with zero attached hydrogens (tertiary/aromatic N) is 1. The fraction of sp³-hybridized carbons (Fsp3) is 0.357. The molecule has 0 aliphatic heterocycles. The molecule has 0 amide bonds. The van der Waals surface area contributed by atoms with Gasteiger partial charge in [-0.15, -0.1) is 11.3 Å². The van der Waals surface area contributed by atoms with Gasteiger partial charge >= 0.3 is 0 Å². The van der Waals surface area contributed by atoms with E-state index in [1.807, 2.05) is 31.4 Å². The highest BCUT2D eigenvalue weighted by Gasteiger charge is 2.13. The Kier molecular flexibility index (Phi) is 5.86. The molecule has 1 aromatic heterocycles. The number of benzene rings is 1. The Labute approximate surface area is 139 Å². The number of rotatable bonds is 6. The van der Waals surface area contributed by atoms with Gasteiger partial charge in [-0.05, 0) is 47.5 Å². The fourth-order valence-corrected chi connectivity index (χ4v) is 3.25. The predicted octanol–water partition coefficient (Wildman–Crippen LogP) is 5.09. The molecule has 0 unspecified atom stereocenters. The summed E-state index contributed by atoms with van der Waals surface area (Å²) in [5.74, 6) is 1.48. The molecule has 0 fully saturated rings. The van der Waals surface area contributed by atoms with Crippen molar-refractivity contribution in [3.05, 3.63) is 38.3 Å². The number of aryl methyl sites for hydroxylation is 1. The van der Waals surface area contributed by atoms with E-state index in [0.29, 0.717) is 13.2 Å². The van der Waals surface area contributed by atoms with Crippen LogP contribution in [0.3, 0.4) is 0 Å². The average molecular weight is 421 g/mol. The minimum atomic E-state index is 0.441. The lowest BCUT2D eigenvalue weighted by Crippen LogP contribution is -2.01. The highest BCUT2D eigenvalue weighted by Crippen LogP contribution is 2.38. The van der Waals surface area contributed by atoms with E-state index in [-0.39, 0.29) is 0 Å². The van der Waals surface area contributed by atoms with Crippen molar-refractivity contribution in [3.63, 3.8) is 0 Å². The summed E-state index contributed by atoms with van der Waals surface area (Å²) < 4.78 is 12.4. The number of hydrogen-bond donors (Lipinski definition) is 0. The first kappa shape index (κ1) is 15.8. The Morgan fingerprint density at radius 1 is 1.30 bits per heavy atom. The van der Waals surface area contributed by atoms with Gasteiger partial charge in [0.05, 0.1) is 21.8 Å². The molecule has 2 aromatic rings. The van der Waals surface area contributed by atoms with Crippen LogP contribution in [0.2, 0.25) is 0 Å². The molecule has 1 aromatic carbocycles. The molecule has 0 saturated heterocycles. The minimum absolute atomic E-state index is 0.441. The van der Waals surface area contributed by atoms with Crippen LogP contribution >= 0.6 is 43.2 Å². The Hall–Kier alpha value is -0.590. The quantitative estimate of drug-likeness (QED) is 0.610. The molecule has 6 heteroatoms. The molecule has 1 heterocycles. The van der Waals surface area contributed by atoms with E-state index in [4.69, 9.17) is 9.47 Å². The summed E-state index contributed by atoms with van der Waals surface area (Å²) in [7, 11) is 0. The second-order valence-corrected chi connectivity index (χ2v) is 6.60. The molecule has 108 valence electrons. The number of halogens is 2. The minimum Gasteiger partial charge on any atom is -0.490 e. The van der Waals surface area contributed by atoms with Gasteiger partial charge in [-0.1, -0.05) is 15.9 Å². The van der Waals surface area contributed by atoms with Gasteiger partial charge in [0.2, 0.25) is 0 Å². The van der Waals surface area contributed by atoms with Crippen molar-refractivity contribution in [1.29, 1.82) is 0 Å². The summed E-state index contributed by atoms with van der Waals surface area (Å²) in [5, 5.41) is 3.83. The second kappa shape index (κ2) is 7.43. The third-order valence-corrected chi connectivity index (χ3v) is 4.61. The van der Waals surface area contributed by atoms with Crippen molar-refractivity contribution in [2.75, 3.05) is 6.61 Å². The van der Waals surface area contributed by atoms with Gasteiger partial charge in [0.15, 0.2) is 11.5 Å². The molecule has 0 N–H and O–H groups in total. The Balaban J connectivity index is 2.20. The van der Waals surface area contributed by atoms with Crippen molar-refractivity contribution in [3.8, 4) is 11.5 Å². The van der Waals surface area contributed by atoms with E-state index in [2.05, 4.69) is 36.8 Å². The first-order chi connectivity index (χ1) is 9.63. The van der Waals surface area contributed by atoms with Gasteiger partial charge in [0.25, 0.3) is 0 Å². The van der Waals surface area contributed by atoms with Crippen LogP contribution in [0.1, 0.15) is 23.2 Å². The third kappa shape index (κ3) is 3.96. The van der Waals surface area contributed by atoms with Gasteiger partial charge in [-0.2, -0.15) is 0 Å². The lowest BCUT2D eigenvalue weighted by atomic mass is 10.2. The standard InChI is InChI=1S/C14H15Br2NO2S/c1-3-18-13-5-10(6-15)4-12(16)14(13)19-7-11-8-20-9(2)17-11/h4-5,8H,3,6-7H2,1-2H3. The number of thiazole rings is 1. The number of alkyl halides is 1. The summed E-state index contributed by atoms with van der Waals surface area (Å²) in [5.41, 5.74) is 2.07. The van der Waals surface area contributed by atoms with E-state index in [9.17, 15) is 0 Å². The fourth-order valence-electron chi connectivity index (χ4n) is 1.72. The summed E-state index contributed by atoms with van der Waals surface area (Å²) in [4.78, 5) is 4.39. The smallest absolute Gasteiger partial charge is 0.175 e. The van der Waals surface area contributed by atoms with Crippen molar-refractivity contribution in [2.24, 2.45) is 0 Å². The molecule has 20 heavy (non-hydrogen) atoms. The molecule has 0 atom stereocenters. The van der Waals surface area contributed by atoms with E-state index in [1.165, 1.54) is 0 Å². The zero-order valence-corrected chi connectivity index (χ0v) is 15.3. The van der Waals surface area contributed by atoms with Crippen LogP contribution in [0.15, 0.2) is 22.0 Å². The molecule has 2 rings (SSSR count). The molecule has 0 aliphatic rings. The van der Waals surface area contributed by atoms with Gasteiger partial charge < -0.3 is 9.47 Å². The number of ether oxygens (including phenoxy) is 2. The van der Waals surface area contributed by atoms with Gasteiger partial charge in [-0.3, -0.25) is 0 Å². The summed E-state index contributed by atoms with van der Waals surface area (Å²) in [6, 6.07) is 4.02. The Bertz CT molecular complexity index is 587. The van der Waals surface area contributed by atoms with E-state index >= 15 is 0 Å². The van der Waals surface area contributed by atoms with Crippen molar-refractivity contribution in [1.82, 2.24) is 4.98 Å². The monoisotopic (exact) mass is 419 g/mol. The van der Waals surface area contributed by atoms with Gasteiger partial charge in [0.1, 0.15) is 6.61 Å². The molecular weight excluding hydrogens is 406 g/mol. The van der Waals surface area contributed by atoms with Crippen LogP contribution in [0.4, 0.5) is 0 Å². The third-order valence-electron chi connectivity index (χ3n) is 2.55. The molecule has 0 aliphatic carbocycles. The maximum Gasteiger partial charge on any atom is 0.175 e. The van der Waals surface area contributed by atoms with Crippen LogP contribution in [0.5, 0.6) is 11.5 Å². The summed E-state index contributed by atoms with van der Waals surface area (Å²) in [6.07, 6.45) is 0. The summed E-state index contributed by atoms with van der Waals surface area (Å²) >= 11 is 8.62. The lowest BCUT2D eigenvalue weighted by molar-refractivity contribution is 0.265. The first-order valence-corrected chi connectivity index (χ1v) is 8.98. The molecule has 0 spiro atoms. The number of aromatic nitrogens is 1. The average Bonchev–Trinajstić information content (AvgIpc) is 2.83. The van der Waals surface area contributed by atoms with Crippen LogP contribution in [-0.2, 0) is 11.9 Å². The van der Waals surface area contributed by atoms with Crippen LogP contribution in [-0.4, -0.2) is 11.6 Å². The van der Waals surface area contributed by atoms with Crippen molar-refractivity contribution < 1.29 is 9.47 Å². The maximum absolute atomic E-state index is 5.88. The SMILES string of the molecule is CCOc1cc(CBr)cc(Br)c1OCc1csc(C)n1. The predicted molar refractivity (Wildman–Crippen MR) is 89.1 cm³/mol. The van der Waals surface area contributed by atoms with Gasteiger partial charge in [-0.25, -0.2) is 4.98 Å². The van der Waals surface area contributed by atoms with E-state index in [0.717, 1.165) is 37.6 Å². The maximum atomic E-state index is 5.88. The molecule has 0 radical (unpaired) electrons. The largest absolute Gasteiger partial charge is 0.490 e. The molecule has 0 saturated carbocycles. The van der Waals surface area contributed by atoms with Crippen LogP contribution < -0.4 is 9.47 Å². The zero-order chi connectivity index (χ0) is 14.5. The van der Waals surface area contributed by atoms with Crippen LogP contribution in [0.25, 0.3) is 0 Å². The topological polar surface area (TPSA) is 31.4 Å². The molecule has 0 bridgehead atoms. The highest BCUT2D eigenvalue weighted by molar-refractivity contribution is 9.10. The van der Waals surface area contributed by atoms with E-state index < -0.39 is 0 Å². The normalized spacial score (nSPS) is 10.6. The molecule has 3 nitrogen and oxygen atoms in total. The molecular formula is C14H15Br2NO2S. The second-order valence-electron chi connectivity index (χ2n) is 4.12. The zero-order valence-electron chi connectivity index (χ0n) is 11.3. The van der Waals surface area contributed by atoms with E-state index in [1.54, 1.807) is 11.3 Å². The van der Waals surface area contributed by atoms with Crippen LogP contribution in [0, 0.1) is 6.92 Å². The first-order valence-electron chi connectivity index (χ1n) is 6.19. The highest BCUT2D eigenvalue weighted by atomic mass is 79.9. The number of hydrogen-bond acceptors (Lipinski definition) is 4. The lowest BCUT2D eigenvalue weighted by Gasteiger charge is -2.14. The Morgan fingerprint density at radius 3 is 2.70 bits per heavy atom. The Morgan fingerprint density at radius 2 is 2.10 bits per heavy atom.